The molecule has 7 nitrogen and oxygen atoms in total. The van der Waals surface area contributed by atoms with Gasteiger partial charge in [0.1, 0.15) is 12.9 Å². The van der Waals surface area contributed by atoms with Crippen LogP contribution in [0.2, 0.25) is 0 Å². The number of hydrogen-bond acceptors (Lipinski definition) is 5. The van der Waals surface area contributed by atoms with E-state index >= 15 is 0 Å². The smallest absolute Gasteiger partial charge is 0.249 e. The van der Waals surface area contributed by atoms with Crippen LogP contribution in [0.3, 0.4) is 0 Å². The van der Waals surface area contributed by atoms with Crippen molar-refractivity contribution in [2.24, 2.45) is 11.5 Å². The van der Waals surface area contributed by atoms with E-state index in [-0.39, 0.29) is 6.79 Å². The number of rotatable bonds is 2. The zero-order valence-corrected chi connectivity index (χ0v) is 6.67. The summed E-state index contributed by atoms with van der Waals surface area (Å²) in [4.78, 5) is 21.3. The summed E-state index contributed by atoms with van der Waals surface area (Å²) in [6.07, 6.45) is -3.93. The van der Waals surface area contributed by atoms with E-state index in [4.69, 9.17) is 11.5 Å². The van der Waals surface area contributed by atoms with Crippen LogP contribution in [0.25, 0.3) is 0 Å². The first-order chi connectivity index (χ1) is 6.04. The Balaban J connectivity index is 2.71. The van der Waals surface area contributed by atoms with Crippen LogP contribution in [0, 0.1) is 0 Å². The molecule has 1 rings (SSSR count). The number of carbonyl (C=O) groups is 2. The lowest BCUT2D eigenvalue weighted by molar-refractivity contribution is -0.223. The van der Waals surface area contributed by atoms with Crippen molar-refractivity contribution in [1.29, 1.82) is 0 Å². The maximum absolute atomic E-state index is 10.7. The summed E-state index contributed by atoms with van der Waals surface area (Å²) < 4.78 is 9.36. The average molecular weight is 190 g/mol. The van der Waals surface area contributed by atoms with Crippen molar-refractivity contribution in [3.63, 3.8) is 0 Å². The molecule has 1 heterocycles. The summed E-state index contributed by atoms with van der Waals surface area (Å²) in [5.74, 6) is -1.72. The Morgan fingerprint density at radius 3 is 1.85 bits per heavy atom. The van der Waals surface area contributed by atoms with Gasteiger partial charge in [-0.15, -0.1) is 0 Å². The zero-order valence-electron chi connectivity index (χ0n) is 6.67. The Kier molecular flexibility index (Phi) is 2.81. The van der Waals surface area contributed by atoms with Gasteiger partial charge in [-0.25, -0.2) is 0 Å². The number of aliphatic hydroxyl groups is 1. The van der Waals surface area contributed by atoms with Gasteiger partial charge in [0, 0.05) is 0 Å². The monoisotopic (exact) mass is 190 g/mol. The second kappa shape index (κ2) is 3.69. The third-order valence-corrected chi connectivity index (χ3v) is 1.68. The van der Waals surface area contributed by atoms with Gasteiger partial charge < -0.3 is 26.0 Å². The molecule has 0 aromatic rings. The summed E-state index contributed by atoms with van der Waals surface area (Å²) in [6, 6.07) is 0. The molecule has 74 valence electrons. The molecule has 0 radical (unpaired) electrons. The van der Waals surface area contributed by atoms with Gasteiger partial charge >= 0.3 is 0 Å². The molecule has 1 fully saturated rings. The molecule has 2 atom stereocenters. The third-order valence-electron chi connectivity index (χ3n) is 1.68. The molecule has 0 aromatic heterocycles. The normalized spacial score (nSPS) is 34.1. The van der Waals surface area contributed by atoms with Crippen LogP contribution in [0.1, 0.15) is 0 Å². The molecular formula is C6H10N2O5. The molecule has 0 aliphatic carbocycles. The van der Waals surface area contributed by atoms with Gasteiger partial charge in [-0.2, -0.15) is 0 Å². The molecule has 0 spiro atoms. The molecule has 5 N–H and O–H groups in total. The molecule has 0 bridgehead atoms. The van der Waals surface area contributed by atoms with E-state index in [0.717, 1.165) is 0 Å². The fraction of sp³-hybridized carbons (Fsp3) is 0.667. The van der Waals surface area contributed by atoms with Crippen LogP contribution >= 0.6 is 0 Å². The lowest BCUT2D eigenvalue weighted by atomic mass is 10.1. The number of primary amides is 2. The molecule has 1 aliphatic heterocycles. The van der Waals surface area contributed by atoms with Gasteiger partial charge in [0.25, 0.3) is 0 Å². The maximum atomic E-state index is 10.7. The standard InChI is InChI=1S/C6H10N2O5/c7-5(10)3-2(9)4(6(8)11)13-1-12-3/h2-4,9H,1H2,(H2,7,10)(H2,8,11). The van der Waals surface area contributed by atoms with Crippen LogP contribution in [-0.2, 0) is 19.1 Å². The molecule has 2 amide bonds. The van der Waals surface area contributed by atoms with Crippen LogP contribution in [-0.4, -0.2) is 42.0 Å². The number of nitrogens with two attached hydrogens (primary N) is 2. The van der Waals surface area contributed by atoms with Crippen molar-refractivity contribution in [3.05, 3.63) is 0 Å². The topological polar surface area (TPSA) is 125 Å². The third kappa shape index (κ3) is 1.94. The number of aliphatic hydroxyl groups excluding tert-OH is 1. The van der Waals surface area contributed by atoms with Gasteiger partial charge in [0.2, 0.25) is 11.8 Å². The van der Waals surface area contributed by atoms with Crippen molar-refractivity contribution >= 4 is 11.8 Å². The Morgan fingerprint density at radius 1 is 1.15 bits per heavy atom. The number of amides is 2. The molecule has 7 heteroatoms. The minimum absolute atomic E-state index is 0.293. The lowest BCUT2D eigenvalue weighted by Crippen LogP contribution is -2.56. The first-order valence-electron chi connectivity index (χ1n) is 3.54. The Bertz CT molecular complexity index is 209. The van der Waals surface area contributed by atoms with E-state index in [1.165, 1.54) is 0 Å². The Labute approximate surface area is 73.6 Å². The number of hydrogen-bond donors (Lipinski definition) is 3. The van der Waals surface area contributed by atoms with Gasteiger partial charge in [-0.05, 0) is 0 Å². The summed E-state index contributed by atoms with van der Waals surface area (Å²) in [6.45, 7) is -0.293. The fourth-order valence-corrected chi connectivity index (χ4v) is 1.04. The molecule has 1 aliphatic rings. The van der Waals surface area contributed by atoms with Crippen LogP contribution < -0.4 is 11.5 Å². The van der Waals surface area contributed by atoms with E-state index < -0.39 is 30.1 Å². The first kappa shape index (κ1) is 9.90. The van der Waals surface area contributed by atoms with Gasteiger partial charge in [-0.1, -0.05) is 0 Å². The van der Waals surface area contributed by atoms with E-state index in [2.05, 4.69) is 9.47 Å². The van der Waals surface area contributed by atoms with E-state index in [9.17, 15) is 14.7 Å². The minimum Gasteiger partial charge on any atom is -0.387 e. The Hall–Kier alpha value is -1.18. The first-order valence-corrected chi connectivity index (χ1v) is 3.54. The van der Waals surface area contributed by atoms with E-state index in [1.54, 1.807) is 0 Å². The quantitative estimate of drug-likeness (QED) is 0.429. The highest BCUT2D eigenvalue weighted by molar-refractivity contribution is 5.84. The van der Waals surface area contributed by atoms with Crippen molar-refractivity contribution in [1.82, 2.24) is 0 Å². The highest BCUT2D eigenvalue weighted by Crippen LogP contribution is 2.13. The zero-order chi connectivity index (χ0) is 10.0. The highest BCUT2D eigenvalue weighted by Gasteiger charge is 2.40. The van der Waals surface area contributed by atoms with Crippen LogP contribution in [0.15, 0.2) is 0 Å². The van der Waals surface area contributed by atoms with Gasteiger partial charge in [-0.3, -0.25) is 9.59 Å². The van der Waals surface area contributed by atoms with E-state index in [0.29, 0.717) is 0 Å². The summed E-state index contributed by atoms with van der Waals surface area (Å²) in [7, 11) is 0. The lowest BCUT2D eigenvalue weighted by Gasteiger charge is -2.30. The fourth-order valence-electron chi connectivity index (χ4n) is 1.04. The SMILES string of the molecule is NC(=O)C1OCOC(C(N)=O)C1O. The van der Waals surface area contributed by atoms with Gasteiger partial charge in [0.05, 0.1) is 0 Å². The molecule has 2 unspecified atom stereocenters. The minimum atomic E-state index is -1.44. The number of carbonyl (C=O) groups excluding carboxylic acids is 2. The van der Waals surface area contributed by atoms with Crippen molar-refractivity contribution < 1.29 is 24.2 Å². The van der Waals surface area contributed by atoms with Gasteiger partial charge in [0.15, 0.2) is 12.2 Å². The Morgan fingerprint density at radius 2 is 1.54 bits per heavy atom. The molecule has 13 heavy (non-hydrogen) atoms. The van der Waals surface area contributed by atoms with Crippen molar-refractivity contribution in [2.75, 3.05) is 6.79 Å². The van der Waals surface area contributed by atoms with Crippen molar-refractivity contribution in [2.45, 2.75) is 18.3 Å². The largest absolute Gasteiger partial charge is 0.387 e. The summed E-state index contributed by atoms with van der Waals surface area (Å²) >= 11 is 0. The average Bonchev–Trinajstić information content (AvgIpc) is 2.03. The highest BCUT2D eigenvalue weighted by atomic mass is 16.7. The summed E-state index contributed by atoms with van der Waals surface area (Å²) in [5.41, 5.74) is 9.78. The van der Waals surface area contributed by atoms with Crippen molar-refractivity contribution in [3.8, 4) is 0 Å². The maximum Gasteiger partial charge on any atom is 0.249 e. The van der Waals surface area contributed by atoms with Crippen LogP contribution in [0.4, 0.5) is 0 Å². The number of ether oxygens (including phenoxy) is 2. The molecular weight excluding hydrogens is 180 g/mol. The second-order valence-electron chi connectivity index (χ2n) is 2.59. The predicted octanol–water partition coefficient (Wildman–Crippen LogP) is -2.94. The molecule has 0 aromatic carbocycles. The van der Waals surface area contributed by atoms with E-state index in [1.807, 2.05) is 0 Å². The van der Waals surface area contributed by atoms with Crippen LogP contribution in [0.5, 0.6) is 0 Å². The molecule has 1 saturated heterocycles. The second-order valence-corrected chi connectivity index (χ2v) is 2.59. The molecule has 0 saturated carbocycles. The predicted molar refractivity (Wildman–Crippen MR) is 39.0 cm³/mol. The summed E-state index contributed by atoms with van der Waals surface area (Å²) in [5, 5.41) is 9.32.